The first kappa shape index (κ1) is 33.2. The monoisotopic (exact) mass is 653 g/mol. The lowest BCUT2D eigenvalue weighted by molar-refractivity contribution is -0.385. The molecule has 4 aromatic rings. The Hall–Kier alpha value is -6.12. The number of hydrogen-bond acceptors (Lipinski definition) is 10. The molecule has 2 aromatic carbocycles. The molecule has 15 nitrogen and oxygen atoms in total. The zero-order valence-electron chi connectivity index (χ0n) is 27.1. The molecule has 2 aromatic heterocycles. The lowest BCUT2D eigenvalue weighted by Gasteiger charge is -2.35. The average Bonchev–Trinajstić information content (AvgIpc) is 3.06. The number of benzene rings is 2. The number of aromatic nitrogens is 3. The van der Waals surface area contributed by atoms with Gasteiger partial charge >= 0.3 is 11.7 Å². The molecule has 4 amide bonds. The molecule has 3 heterocycles. The van der Waals surface area contributed by atoms with E-state index in [0.29, 0.717) is 28.8 Å². The standard InChI is InChI=1S/C33H35N9O6/c1-19(2)18-48-28-12-22(8-11-26(28)42(46)47)31(44)35-16-29(43)37-24-9-6-20(3)27(13-24)41-17-23-14-36-32(39-30(23)40(5)33(41)45)38-25-10-7-21(4)34-15-25/h6-15,19H,16-18H2,1-5H3,(H,35,44)(H,37,43)(H,36,38,39). The fraction of sp³-hybridized carbons (Fsp3) is 0.273. The predicted octanol–water partition coefficient (Wildman–Crippen LogP) is 5.12. The van der Waals surface area contributed by atoms with Crippen molar-refractivity contribution in [3.8, 4) is 5.75 Å². The molecule has 5 rings (SSSR count). The van der Waals surface area contributed by atoms with Crippen LogP contribution >= 0.6 is 0 Å². The van der Waals surface area contributed by atoms with E-state index in [9.17, 15) is 24.5 Å². The molecule has 0 spiro atoms. The zero-order valence-corrected chi connectivity index (χ0v) is 27.1. The third-order valence-electron chi connectivity index (χ3n) is 7.36. The fourth-order valence-electron chi connectivity index (χ4n) is 4.85. The number of anilines is 5. The van der Waals surface area contributed by atoms with Crippen LogP contribution in [-0.4, -0.2) is 57.9 Å². The van der Waals surface area contributed by atoms with Gasteiger partial charge in [0, 0.05) is 47.9 Å². The van der Waals surface area contributed by atoms with Crippen LogP contribution in [0.2, 0.25) is 0 Å². The van der Waals surface area contributed by atoms with Crippen LogP contribution in [0.1, 0.15) is 41.0 Å². The Morgan fingerprint density at radius 3 is 2.52 bits per heavy atom. The van der Waals surface area contributed by atoms with Gasteiger partial charge in [-0.1, -0.05) is 19.9 Å². The summed E-state index contributed by atoms with van der Waals surface area (Å²) in [5.41, 5.74) is 3.96. The van der Waals surface area contributed by atoms with Crippen molar-refractivity contribution in [1.29, 1.82) is 0 Å². The first-order valence-electron chi connectivity index (χ1n) is 15.1. The number of fused-ring (bicyclic) bond motifs is 1. The van der Waals surface area contributed by atoms with E-state index in [1.807, 2.05) is 39.8 Å². The van der Waals surface area contributed by atoms with E-state index < -0.39 is 16.7 Å². The van der Waals surface area contributed by atoms with E-state index in [2.05, 4.69) is 30.9 Å². The van der Waals surface area contributed by atoms with Crippen molar-refractivity contribution in [2.24, 2.45) is 5.92 Å². The molecule has 248 valence electrons. The summed E-state index contributed by atoms with van der Waals surface area (Å²) in [6.07, 6.45) is 3.34. The Kier molecular flexibility index (Phi) is 9.77. The lowest BCUT2D eigenvalue weighted by Crippen LogP contribution is -2.46. The van der Waals surface area contributed by atoms with E-state index in [-0.39, 0.29) is 48.6 Å². The molecule has 0 saturated heterocycles. The highest BCUT2D eigenvalue weighted by atomic mass is 16.6. The second-order valence-electron chi connectivity index (χ2n) is 11.7. The number of nitrogens with one attached hydrogen (secondary N) is 3. The van der Waals surface area contributed by atoms with Gasteiger partial charge in [0.15, 0.2) is 5.75 Å². The van der Waals surface area contributed by atoms with E-state index in [4.69, 9.17) is 4.74 Å². The molecule has 1 aliphatic heterocycles. The number of ether oxygens (including phenoxy) is 1. The largest absolute Gasteiger partial charge is 0.487 e. The second kappa shape index (κ2) is 14.1. The number of nitro groups is 1. The Balaban J connectivity index is 1.24. The molecule has 0 fully saturated rings. The first-order valence-corrected chi connectivity index (χ1v) is 15.1. The molecule has 0 unspecified atom stereocenters. The van der Waals surface area contributed by atoms with Crippen LogP contribution in [0, 0.1) is 29.9 Å². The van der Waals surface area contributed by atoms with E-state index in [0.717, 1.165) is 16.8 Å². The number of amides is 4. The summed E-state index contributed by atoms with van der Waals surface area (Å²) in [6, 6.07) is 12.4. The van der Waals surface area contributed by atoms with Gasteiger partial charge in [0.1, 0.15) is 5.82 Å². The van der Waals surface area contributed by atoms with Crippen molar-refractivity contribution in [3.05, 3.63) is 93.4 Å². The van der Waals surface area contributed by atoms with Crippen molar-refractivity contribution in [1.82, 2.24) is 20.3 Å². The molecule has 1 aliphatic rings. The zero-order chi connectivity index (χ0) is 34.5. The fourth-order valence-corrected chi connectivity index (χ4v) is 4.85. The highest BCUT2D eigenvalue weighted by Gasteiger charge is 2.31. The van der Waals surface area contributed by atoms with E-state index in [1.165, 1.54) is 23.1 Å². The van der Waals surface area contributed by atoms with Crippen LogP contribution in [0.25, 0.3) is 0 Å². The molecule has 0 saturated carbocycles. The Morgan fingerprint density at radius 2 is 1.81 bits per heavy atom. The maximum atomic E-state index is 13.5. The quantitative estimate of drug-likeness (QED) is 0.145. The molecule has 0 radical (unpaired) electrons. The molecular formula is C33H35N9O6. The summed E-state index contributed by atoms with van der Waals surface area (Å²) in [5.74, 6) is -0.226. The van der Waals surface area contributed by atoms with Gasteiger partial charge in [0.05, 0.1) is 42.2 Å². The topological polar surface area (TPSA) is 185 Å². The van der Waals surface area contributed by atoms with Crippen LogP contribution in [-0.2, 0) is 11.3 Å². The number of pyridine rings is 1. The minimum absolute atomic E-state index is 0.0259. The van der Waals surface area contributed by atoms with Gasteiger partial charge in [-0.05, 0) is 55.7 Å². The number of rotatable bonds is 11. The lowest BCUT2D eigenvalue weighted by atomic mass is 10.1. The molecular weight excluding hydrogens is 618 g/mol. The molecule has 15 heteroatoms. The summed E-state index contributed by atoms with van der Waals surface area (Å²) in [6.45, 7) is 7.61. The van der Waals surface area contributed by atoms with Crippen molar-refractivity contribution < 1.29 is 24.0 Å². The summed E-state index contributed by atoms with van der Waals surface area (Å²) in [7, 11) is 1.63. The maximum Gasteiger partial charge on any atom is 0.330 e. The molecule has 0 bridgehead atoms. The third kappa shape index (κ3) is 7.63. The number of carbonyl (C=O) groups is 3. The van der Waals surface area contributed by atoms with Gasteiger partial charge in [-0.2, -0.15) is 4.98 Å². The highest BCUT2D eigenvalue weighted by molar-refractivity contribution is 6.06. The predicted molar refractivity (Wildman–Crippen MR) is 180 cm³/mol. The molecule has 0 atom stereocenters. The maximum absolute atomic E-state index is 13.5. The normalized spacial score (nSPS) is 12.4. The average molecular weight is 654 g/mol. The van der Waals surface area contributed by atoms with Crippen LogP contribution in [0.5, 0.6) is 5.75 Å². The van der Waals surface area contributed by atoms with Crippen LogP contribution in [0.3, 0.4) is 0 Å². The smallest absolute Gasteiger partial charge is 0.330 e. The van der Waals surface area contributed by atoms with Crippen LogP contribution < -0.4 is 30.5 Å². The first-order chi connectivity index (χ1) is 22.9. The molecule has 0 aliphatic carbocycles. The Morgan fingerprint density at radius 1 is 1.04 bits per heavy atom. The number of hydrogen-bond donors (Lipinski definition) is 3. The van der Waals surface area contributed by atoms with Gasteiger partial charge in [-0.3, -0.25) is 34.5 Å². The molecule has 48 heavy (non-hydrogen) atoms. The third-order valence-corrected chi connectivity index (χ3v) is 7.36. The minimum atomic E-state index is -0.601. The SMILES string of the molecule is Cc1ccc(Nc2ncc3c(n2)N(C)C(=O)N(c2cc(NC(=O)CNC(=O)c4ccc([N+](=O)[O-])c(OCC(C)C)c4)ccc2C)C3)cn1. The van der Waals surface area contributed by atoms with Gasteiger partial charge in [-0.15, -0.1) is 0 Å². The Bertz CT molecular complexity index is 1880. The number of nitrogens with zero attached hydrogens (tertiary/aromatic N) is 6. The van der Waals surface area contributed by atoms with Crippen molar-refractivity contribution in [3.63, 3.8) is 0 Å². The summed E-state index contributed by atoms with van der Waals surface area (Å²) in [4.78, 5) is 66.2. The summed E-state index contributed by atoms with van der Waals surface area (Å²) >= 11 is 0. The van der Waals surface area contributed by atoms with E-state index >= 15 is 0 Å². The minimum Gasteiger partial charge on any atom is -0.487 e. The highest BCUT2D eigenvalue weighted by Crippen LogP contribution is 2.33. The second-order valence-corrected chi connectivity index (χ2v) is 11.7. The number of carbonyl (C=O) groups excluding carboxylic acids is 3. The van der Waals surface area contributed by atoms with Crippen molar-refractivity contribution in [2.75, 3.05) is 40.6 Å². The summed E-state index contributed by atoms with van der Waals surface area (Å²) in [5, 5.41) is 19.8. The Labute approximate surface area is 276 Å². The molecule has 3 N–H and O–H groups in total. The van der Waals surface area contributed by atoms with Crippen LogP contribution in [0.4, 0.5) is 39.3 Å². The van der Waals surface area contributed by atoms with Crippen molar-refractivity contribution in [2.45, 2.75) is 34.2 Å². The number of nitro benzene ring substituents is 1. The van der Waals surface area contributed by atoms with Gasteiger partial charge in [0.2, 0.25) is 11.9 Å². The van der Waals surface area contributed by atoms with Gasteiger partial charge < -0.3 is 20.7 Å². The summed E-state index contributed by atoms with van der Waals surface area (Å²) < 4.78 is 5.55. The van der Waals surface area contributed by atoms with E-state index in [1.54, 1.807) is 42.5 Å². The number of urea groups is 1. The van der Waals surface area contributed by atoms with Gasteiger partial charge in [0.25, 0.3) is 5.91 Å². The van der Waals surface area contributed by atoms with Crippen LogP contribution in [0.15, 0.2) is 60.9 Å². The number of aryl methyl sites for hydroxylation is 2. The van der Waals surface area contributed by atoms with Crippen molar-refractivity contribution >= 4 is 52.4 Å². The van der Waals surface area contributed by atoms with Gasteiger partial charge in [-0.25, -0.2) is 9.78 Å².